The van der Waals surface area contributed by atoms with Gasteiger partial charge in [0.1, 0.15) is 0 Å². The third-order valence-corrected chi connectivity index (χ3v) is 3.70. The quantitative estimate of drug-likeness (QED) is 0.676. The van der Waals surface area contributed by atoms with Crippen molar-refractivity contribution < 1.29 is 4.79 Å². The predicted molar refractivity (Wildman–Crippen MR) is 78.8 cm³/mol. The lowest BCUT2D eigenvalue weighted by atomic mass is 10.0. The van der Waals surface area contributed by atoms with Crippen molar-refractivity contribution in [2.75, 3.05) is 0 Å². The molecule has 0 saturated heterocycles. The number of halogens is 3. The lowest BCUT2D eigenvalue weighted by molar-refractivity contribution is 0.103. The largest absolute Gasteiger partial charge is 0.289 e. The van der Waals surface area contributed by atoms with Gasteiger partial charge in [-0.05, 0) is 64.8 Å². The van der Waals surface area contributed by atoms with Crippen LogP contribution in [0.2, 0.25) is 10.0 Å². The highest BCUT2D eigenvalue weighted by molar-refractivity contribution is 9.10. The first-order valence-electron chi connectivity index (χ1n) is 5.25. The van der Waals surface area contributed by atoms with Gasteiger partial charge in [-0.3, -0.25) is 4.79 Å². The molecule has 1 nitrogen and oxygen atoms in total. The Hall–Kier alpha value is -0.830. The molecule has 18 heavy (non-hydrogen) atoms. The van der Waals surface area contributed by atoms with E-state index < -0.39 is 0 Å². The zero-order chi connectivity index (χ0) is 13.3. The van der Waals surface area contributed by atoms with Crippen LogP contribution in [0.3, 0.4) is 0 Å². The molecule has 0 radical (unpaired) electrons. The van der Waals surface area contributed by atoms with Gasteiger partial charge < -0.3 is 0 Å². The van der Waals surface area contributed by atoms with Gasteiger partial charge in [0, 0.05) is 15.1 Å². The molecule has 0 aliphatic carbocycles. The Balaban J connectivity index is 2.49. The van der Waals surface area contributed by atoms with Gasteiger partial charge in [-0.2, -0.15) is 0 Å². The van der Waals surface area contributed by atoms with Crippen molar-refractivity contribution in [3.05, 3.63) is 67.6 Å². The third kappa shape index (κ3) is 2.77. The minimum absolute atomic E-state index is 0.122. The van der Waals surface area contributed by atoms with E-state index in [2.05, 4.69) is 15.9 Å². The SMILES string of the molecule is Cc1cc(Cl)c(C(=O)c2ccc(Cl)cc2)c(Br)c1. The molecule has 2 aromatic carbocycles. The molecule has 0 amide bonds. The summed E-state index contributed by atoms with van der Waals surface area (Å²) >= 11 is 15.3. The molecule has 0 aliphatic heterocycles. The van der Waals surface area contributed by atoms with E-state index in [4.69, 9.17) is 23.2 Å². The Morgan fingerprint density at radius 2 is 1.72 bits per heavy atom. The summed E-state index contributed by atoms with van der Waals surface area (Å²) in [5.74, 6) is -0.122. The second-order valence-electron chi connectivity index (χ2n) is 3.94. The van der Waals surface area contributed by atoms with Gasteiger partial charge in [0.05, 0.1) is 10.6 Å². The summed E-state index contributed by atoms with van der Waals surface area (Å²) in [5.41, 5.74) is 2.04. The number of aryl methyl sites for hydroxylation is 1. The third-order valence-electron chi connectivity index (χ3n) is 2.52. The van der Waals surface area contributed by atoms with Crippen molar-refractivity contribution in [3.63, 3.8) is 0 Å². The van der Waals surface area contributed by atoms with E-state index >= 15 is 0 Å². The second kappa shape index (κ2) is 5.43. The van der Waals surface area contributed by atoms with Crippen LogP contribution in [0, 0.1) is 6.92 Å². The molecule has 0 N–H and O–H groups in total. The minimum Gasteiger partial charge on any atom is -0.289 e. The van der Waals surface area contributed by atoms with Crippen molar-refractivity contribution in [2.24, 2.45) is 0 Å². The van der Waals surface area contributed by atoms with E-state index in [1.165, 1.54) is 0 Å². The fraction of sp³-hybridized carbons (Fsp3) is 0.0714. The summed E-state index contributed by atoms with van der Waals surface area (Å²) in [7, 11) is 0. The van der Waals surface area contributed by atoms with E-state index in [9.17, 15) is 4.79 Å². The number of carbonyl (C=O) groups is 1. The molecule has 0 heterocycles. The number of hydrogen-bond acceptors (Lipinski definition) is 1. The smallest absolute Gasteiger partial charge is 0.195 e. The molecule has 0 fully saturated rings. The first kappa shape index (κ1) is 13.6. The number of hydrogen-bond donors (Lipinski definition) is 0. The van der Waals surface area contributed by atoms with Crippen LogP contribution in [0.1, 0.15) is 21.5 Å². The average Bonchev–Trinajstić information content (AvgIpc) is 2.28. The lowest BCUT2D eigenvalue weighted by Crippen LogP contribution is -2.03. The molecule has 92 valence electrons. The maximum atomic E-state index is 12.4. The van der Waals surface area contributed by atoms with E-state index in [0.29, 0.717) is 25.6 Å². The molecular formula is C14H9BrCl2O. The van der Waals surface area contributed by atoms with Crippen molar-refractivity contribution in [1.29, 1.82) is 0 Å². The van der Waals surface area contributed by atoms with Gasteiger partial charge in [0.15, 0.2) is 5.78 Å². The Labute approximate surface area is 124 Å². The first-order chi connectivity index (χ1) is 8.49. The molecular weight excluding hydrogens is 335 g/mol. The van der Waals surface area contributed by atoms with Crippen LogP contribution in [0.15, 0.2) is 40.9 Å². The molecule has 0 unspecified atom stereocenters. The molecule has 0 aliphatic rings. The highest BCUT2D eigenvalue weighted by Gasteiger charge is 2.16. The minimum atomic E-state index is -0.122. The lowest BCUT2D eigenvalue weighted by Gasteiger charge is -2.08. The summed E-state index contributed by atoms with van der Waals surface area (Å²) < 4.78 is 0.701. The standard InChI is InChI=1S/C14H9BrCl2O/c1-8-6-11(15)13(12(17)7-8)14(18)9-2-4-10(16)5-3-9/h2-7H,1H3. The van der Waals surface area contributed by atoms with Gasteiger partial charge >= 0.3 is 0 Å². The first-order valence-corrected chi connectivity index (χ1v) is 6.80. The fourth-order valence-corrected chi connectivity index (χ4v) is 3.02. The summed E-state index contributed by atoms with van der Waals surface area (Å²) in [5, 5.41) is 1.04. The van der Waals surface area contributed by atoms with Gasteiger partial charge in [0.2, 0.25) is 0 Å². The Morgan fingerprint density at radius 3 is 2.28 bits per heavy atom. The second-order valence-corrected chi connectivity index (χ2v) is 5.64. The van der Waals surface area contributed by atoms with Crippen LogP contribution in [-0.2, 0) is 0 Å². The molecule has 0 aromatic heterocycles. The number of rotatable bonds is 2. The van der Waals surface area contributed by atoms with Crippen LogP contribution in [0.5, 0.6) is 0 Å². The molecule has 0 bridgehead atoms. The zero-order valence-electron chi connectivity index (χ0n) is 9.51. The van der Waals surface area contributed by atoms with Gasteiger partial charge in [0.25, 0.3) is 0 Å². The molecule has 0 atom stereocenters. The number of ketones is 1. The predicted octanol–water partition coefficient (Wildman–Crippen LogP) is 5.30. The molecule has 0 saturated carbocycles. The summed E-state index contributed by atoms with van der Waals surface area (Å²) in [6, 6.07) is 10.4. The number of benzene rings is 2. The Bertz CT molecular complexity index is 583. The van der Waals surface area contributed by atoms with Gasteiger partial charge in [-0.1, -0.05) is 23.2 Å². The Kier molecular flexibility index (Phi) is 4.10. The van der Waals surface area contributed by atoms with E-state index in [1.54, 1.807) is 30.3 Å². The van der Waals surface area contributed by atoms with Crippen LogP contribution in [0.4, 0.5) is 0 Å². The zero-order valence-corrected chi connectivity index (χ0v) is 12.6. The topological polar surface area (TPSA) is 17.1 Å². The van der Waals surface area contributed by atoms with Crippen molar-refractivity contribution in [3.8, 4) is 0 Å². The summed E-state index contributed by atoms with van der Waals surface area (Å²) in [4.78, 5) is 12.4. The van der Waals surface area contributed by atoms with Crippen molar-refractivity contribution in [2.45, 2.75) is 6.92 Å². The maximum Gasteiger partial charge on any atom is 0.195 e. The van der Waals surface area contributed by atoms with E-state index in [1.807, 2.05) is 13.0 Å². The fourth-order valence-electron chi connectivity index (χ4n) is 1.66. The highest BCUT2D eigenvalue weighted by Crippen LogP contribution is 2.29. The average molecular weight is 344 g/mol. The van der Waals surface area contributed by atoms with E-state index in [0.717, 1.165) is 5.56 Å². The van der Waals surface area contributed by atoms with Crippen LogP contribution < -0.4 is 0 Å². The molecule has 0 spiro atoms. The van der Waals surface area contributed by atoms with Gasteiger partial charge in [-0.15, -0.1) is 0 Å². The van der Waals surface area contributed by atoms with Crippen LogP contribution in [0.25, 0.3) is 0 Å². The monoisotopic (exact) mass is 342 g/mol. The van der Waals surface area contributed by atoms with Crippen molar-refractivity contribution in [1.82, 2.24) is 0 Å². The number of carbonyl (C=O) groups excluding carboxylic acids is 1. The summed E-state index contributed by atoms with van der Waals surface area (Å²) in [6.07, 6.45) is 0. The summed E-state index contributed by atoms with van der Waals surface area (Å²) in [6.45, 7) is 1.92. The normalized spacial score (nSPS) is 10.4. The van der Waals surface area contributed by atoms with Crippen molar-refractivity contribution >= 4 is 44.9 Å². The molecule has 2 aromatic rings. The Morgan fingerprint density at radius 1 is 1.11 bits per heavy atom. The van der Waals surface area contributed by atoms with Gasteiger partial charge in [-0.25, -0.2) is 0 Å². The van der Waals surface area contributed by atoms with Crippen LogP contribution >= 0.6 is 39.1 Å². The highest BCUT2D eigenvalue weighted by atomic mass is 79.9. The van der Waals surface area contributed by atoms with Crippen LogP contribution in [-0.4, -0.2) is 5.78 Å². The molecule has 4 heteroatoms. The maximum absolute atomic E-state index is 12.4. The molecule has 2 rings (SSSR count). The van der Waals surface area contributed by atoms with E-state index in [-0.39, 0.29) is 5.78 Å².